The fraction of sp³-hybridized carbons (Fsp3) is 0.308. The molecule has 0 radical (unpaired) electrons. The predicted octanol–water partition coefficient (Wildman–Crippen LogP) is 1.82. The molecule has 0 saturated heterocycles. The monoisotopic (exact) mass is 293 g/mol. The van der Waals surface area contributed by atoms with Crippen molar-refractivity contribution in [1.82, 2.24) is 10.2 Å². The van der Waals surface area contributed by atoms with Crippen LogP contribution in [-0.2, 0) is 9.53 Å². The molecule has 0 fully saturated rings. The Balaban J connectivity index is 2.27. The van der Waals surface area contributed by atoms with Gasteiger partial charge in [-0.1, -0.05) is 23.5 Å². The average molecular weight is 293 g/mol. The van der Waals surface area contributed by atoms with Gasteiger partial charge in [-0.15, -0.1) is 10.2 Å². The van der Waals surface area contributed by atoms with Crippen molar-refractivity contribution in [2.45, 2.75) is 0 Å². The molecule has 0 aliphatic heterocycles. The van der Waals surface area contributed by atoms with Gasteiger partial charge in [-0.05, 0) is 12.1 Å². The number of benzene rings is 1. The van der Waals surface area contributed by atoms with E-state index in [0.717, 1.165) is 11.3 Å². The lowest BCUT2D eigenvalue weighted by atomic mass is 10.2. The van der Waals surface area contributed by atoms with Gasteiger partial charge in [-0.3, -0.25) is 9.69 Å². The van der Waals surface area contributed by atoms with Crippen LogP contribution in [0.1, 0.15) is 0 Å². The highest BCUT2D eigenvalue weighted by Gasteiger charge is 2.17. The van der Waals surface area contributed by atoms with Crippen LogP contribution in [0.15, 0.2) is 24.3 Å². The number of amides is 1. The molecule has 0 aliphatic carbocycles. The van der Waals surface area contributed by atoms with Crippen molar-refractivity contribution in [3.8, 4) is 16.3 Å². The highest BCUT2D eigenvalue weighted by Crippen LogP contribution is 2.34. The number of carbonyl (C=O) groups is 1. The molecular weight excluding hydrogens is 278 g/mol. The summed E-state index contributed by atoms with van der Waals surface area (Å²) in [7, 11) is 4.73. The Bertz CT molecular complexity index is 600. The SMILES string of the molecule is COCC(=O)N(C)c1nnc(-c2ccccc2OC)s1. The van der Waals surface area contributed by atoms with Crippen LogP contribution in [0.4, 0.5) is 5.13 Å². The van der Waals surface area contributed by atoms with Gasteiger partial charge < -0.3 is 9.47 Å². The minimum atomic E-state index is -0.171. The Labute approximate surface area is 121 Å². The molecule has 0 unspecified atom stereocenters. The van der Waals surface area contributed by atoms with E-state index in [9.17, 15) is 4.79 Å². The molecule has 2 rings (SSSR count). The molecule has 0 aliphatic rings. The lowest BCUT2D eigenvalue weighted by molar-refractivity contribution is -0.121. The molecule has 2 aromatic rings. The van der Waals surface area contributed by atoms with Gasteiger partial charge in [0.1, 0.15) is 12.4 Å². The van der Waals surface area contributed by atoms with Crippen LogP contribution in [-0.4, -0.2) is 44.0 Å². The molecule has 0 atom stereocenters. The van der Waals surface area contributed by atoms with E-state index < -0.39 is 0 Å². The first-order chi connectivity index (χ1) is 9.67. The molecule has 0 bridgehead atoms. The van der Waals surface area contributed by atoms with Crippen LogP contribution in [0.5, 0.6) is 5.75 Å². The van der Waals surface area contributed by atoms with E-state index in [1.165, 1.54) is 23.3 Å². The van der Waals surface area contributed by atoms with Gasteiger partial charge in [0.15, 0.2) is 5.01 Å². The first-order valence-corrected chi connectivity index (χ1v) is 6.71. The van der Waals surface area contributed by atoms with E-state index in [-0.39, 0.29) is 12.5 Å². The van der Waals surface area contributed by atoms with Gasteiger partial charge >= 0.3 is 0 Å². The van der Waals surface area contributed by atoms with Gasteiger partial charge in [-0.25, -0.2) is 0 Å². The standard InChI is InChI=1S/C13H15N3O3S/c1-16(11(17)8-18-2)13-15-14-12(20-13)9-6-4-5-7-10(9)19-3/h4-7H,8H2,1-3H3. The summed E-state index contributed by atoms with van der Waals surface area (Å²) in [5.41, 5.74) is 0.853. The Kier molecular flexibility index (Phi) is 4.65. The summed E-state index contributed by atoms with van der Waals surface area (Å²) in [5.74, 6) is 0.552. The molecule has 0 N–H and O–H groups in total. The maximum absolute atomic E-state index is 11.7. The summed E-state index contributed by atoms with van der Waals surface area (Å²) in [6.45, 7) is 0.0140. The molecule has 1 heterocycles. The number of aromatic nitrogens is 2. The first kappa shape index (κ1) is 14.4. The molecule has 1 aromatic carbocycles. The number of methoxy groups -OCH3 is 2. The fourth-order valence-corrected chi connectivity index (χ4v) is 2.46. The van der Waals surface area contributed by atoms with Crippen molar-refractivity contribution < 1.29 is 14.3 Å². The number of ether oxygens (including phenoxy) is 2. The number of hydrogen-bond acceptors (Lipinski definition) is 6. The number of nitrogens with zero attached hydrogens (tertiary/aromatic N) is 3. The molecule has 20 heavy (non-hydrogen) atoms. The van der Waals surface area contributed by atoms with Gasteiger partial charge in [0.05, 0.1) is 12.7 Å². The fourth-order valence-electron chi connectivity index (χ4n) is 1.61. The van der Waals surface area contributed by atoms with Crippen LogP contribution >= 0.6 is 11.3 Å². The number of para-hydroxylation sites is 1. The maximum Gasteiger partial charge on any atom is 0.254 e. The predicted molar refractivity (Wildman–Crippen MR) is 77.2 cm³/mol. The lowest BCUT2D eigenvalue weighted by Gasteiger charge is -2.11. The third-order valence-corrected chi connectivity index (χ3v) is 3.71. The van der Waals surface area contributed by atoms with E-state index >= 15 is 0 Å². The van der Waals surface area contributed by atoms with Crippen molar-refractivity contribution in [2.24, 2.45) is 0 Å². The van der Waals surface area contributed by atoms with Crippen LogP contribution in [0.2, 0.25) is 0 Å². The van der Waals surface area contributed by atoms with Crippen molar-refractivity contribution in [3.63, 3.8) is 0 Å². The maximum atomic E-state index is 11.7. The number of likely N-dealkylation sites (N-methyl/N-ethyl adjacent to an activating group) is 1. The minimum Gasteiger partial charge on any atom is -0.496 e. The summed E-state index contributed by atoms with van der Waals surface area (Å²) >= 11 is 1.33. The zero-order chi connectivity index (χ0) is 14.5. The molecule has 0 saturated carbocycles. The molecule has 0 spiro atoms. The van der Waals surface area contributed by atoms with Crippen LogP contribution in [0, 0.1) is 0 Å². The molecule has 106 valence electrons. The average Bonchev–Trinajstić information content (AvgIpc) is 2.96. The minimum absolute atomic E-state index is 0.0140. The lowest BCUT2D eigenvalue weighted by Crippen LogP contribution is -2.29. The van der Waals surface area contributed by atoms with Crippen molar-refractivity contribution in [1.29, 1.82) is 0 Å². The van der Waals surface area contributed by atoms with Crippen LogP contribution < -0.4 is 9.64 Å². The number of carbonyl (C=O) groups excluding carboxylic acids is 1. The largest absolute Gasteiger partial charge is 0.496 e. The topological polar surface area (TPSA) is 64.5 Å². The third kappa shape index (κ3) is 2.94. The Hall–Kier alpha value is -1.99. The molecule has 1 amide bonds. The Morgan fingerprint density at radius 2 is 2.05 bits per heavy atom. The summed E-state index contributed by atoms with van der Waals surface area (Å²) in [4.78, 5) is 13.2. The smallest absolute Gasteiger partial charge is 0.254 e. The zero-order valence-corrected chi connectivity index (χ0v) is 12.3. The molecule has 7 heteroatoms. The zero-order valence-electron chi connectivity index (χ0n) is 11.5. The second-order valence-corrected chi connectivity index (χ2v) is 4.93. The van der Waals surface area contributed by atoms with E-state index in [1.54, 1.807) is 14.2 Å². The highest BCUT2D eigenvalue weighted by molar-refractivity contribution is 7.18. The third-order valence-electron chi connectivity index (χ3n) is 2.68. The van der Waals surface area contributed by atoms with Crippen molar-refractivity contribution in [2.75, 3.05) is 32.8 Å². The summed E-state index contributed by atoms with van der Waals surface area (Å²) in [5, 5.41) is 9.37. The second kappa shape index (κ2) is 6.44. The second-order valence-electron chi connectivity index (χ2n) is 3.98. The summed E-state index contributed by atoms with van der Waals surface area (Å²) in [6.07, 6.45) is 0. The quantitative estimate of drug-likeness (QED) is 0.841. The van der Waals surface area contributed by atoms with Gasteiger partial charge in [0.2, 0.25) is 5.13 Å². The summed E-state index contributed by atoms with van der Waals surface area (Å²) in [6, 6.07) is 7.55. The van der Waals surface area contributed by atoms with E-state index in [2.05, 4.69) is 10.2 Å². The van der Waals surface area contributed by atoms with E-state index in [4.69, 9.17) is 9.47 Å². The number of rotatable bonds is 5. The van der Waals surface area contributed by atoms with E-state index in [0.29, 0.717) is 10.1 Å². The molecule has 6 nitrogen and oxygen atoms in total. The Morgan fingerprint density at radius 3 is 2.75 bits per heavy atom. The first-order valence-electron chi connectivity index (χ1n) is 5.89. The van der Waals surface area contributed by atoms with Crippen molar-refractivity contribution >= 4 is 22.4 Å². The number of hydrogen-bond donors (Lipinski definition) is 0. The van der Waals surface area contributed by atoms with Gasteiger partial charge in [-0.2, -0.15) is 0 Å². The number of anilines is 1. The van der Waals surface area contributed by atoms with Crippen molar-refractivity contribution in [3.05, 3.63) is 24.3 Å². The van der Waals surface area contributed by atoms with E-state index in [1.807, 2.05) is 24.3 Å². The van der Waals surface area contributed by atoms with Crippen LogP contribution in [0.3, 0.4) is 0 Å². The molecule has 1 aromatic heterocycles. The molecular formula is C13H15N3O3S. The normalized spacial score (nSPS) is 10.3. The Morgan fingerprint density at radius 1 is 1.30 bits per heavy atom. The van der Waals surface area contributed by atoms with Gasteiger partial charge in [0, 0.05) is 14.2 Å². The summed E-state index contributed by atoms with van der Waals surface area (Å²) < 4.78 is 10.1. The van der Waals surface area contributed by atoms with Crippen LogP contribution in [0.25, 0.3) is 10.6 Å². The highest BCUT2D eigenvalue weighted by atomic mass is 32.1. The van der Waals surface area contributed by atoms with Gasteiger partial charge in [0.25, 0.3) is 5.91 Å².